The molecule has 2 saturated heterocycles. The highest BCUT2D eigenvalue weighted by atomic mass is 32.2. The van der Waals surface area contributed by atoms with Gasteiger partial charge in [0.1, 0.15) is 0 Å². The number of carbonyl (C=O) groups is 1. The Morgan fingerprint density at radius 2 is 1.85 bits per heavy atom. The summed E-state index contributed by atoms with van der Waals surface area (Å²) in [4.78, 5) is 15.7. The number of benzene rings is 1. The first-order chi connectivity index (χ1) is 18.7. The van der Waals surface area contributed by atoms with Crippen LogP contribution >= 0.6 is 12.2 Å². The molecule has 0 radical (unpaired) electrons. The highest BCUT2D eigenvalue weighted by Gasteiger charge is 2.51. The van der Waals surface area contributed by atoms with Crippen LogP contribution in [0.4, 0.5) is 18.9 Å². The average Bonchev–Trinajstić information content (AvgIpc) is 2.89. The van der Waals surface area contributed by atoms with Crippen LogP contribution in [0.2, 0.25) is 0 Å². The molecule has 40 heavy (non-hydrogen) atoms. The van der Waals surface area contributed by atoms with Gasteiger partial charge in [-0.1, -0.05) is 36.5 Å². The van der Waals surface area contributed by atoms with Crippen molar-refractivity contribution in [2.45, 2.75) is 43.6 Å². The molecule has 1 aliphatic carbocycles. The third kappa shape index (κ3) is 6.42. The Bertz CT molecular complexity index is 1280. The Balaban J connectivity index is 1.63. The number of carboxylic acid groups (broad SMARTS) is 1. The standard InChI is InChI=1S/C26H32F3N3O6S2/c1-25(35,26(27,28)29)18-6-8-19(9-7-18)32-11-10-31(40(36,37)23-5-3-2-4-22(23)39)16-21(32)15-30-12-13-38-17-20(30)14-24(33)34/h2-3,5-9,20-21,35H,4,10-17H2,1H3,(H,33,34)/t20-,21-,25-/m0/s1. The Morgan fingerprint density at radius 3 is 2.48 bits per heavy atom. The first kappa shape index (κ1) is 30.6. The maximum Gasteiger partial charge on any atom is 0.421 e. The highest BCUT2D eigenvalue weighted by Crippen LogP contribution is 2.39. The second kappa shape index (κ2) is 11.9. The summed E-state index contributed by atoms with van der Waals surface area (Å²) in [5.74, 6) is -0.983. The van der Waals surface area contributed by atoms with Crippen LogP contribution in [-0.4, -0.2) is 103 Å². The van der Waals surface area contributed by atoms with Crippen LogP contribution in [0.15, 0.2) is 47.4 Å². The van der Waals surface area contributed by atoms with Crippen LogP contribution in [0.1, 0.15) is 25.3 Å². The number of hydrogen-bond acceptors (Lipinski definition) is 8. The van der Waals surface area contributed by atoms with Gasteiger partial charge in [0, 0.05) is 55.7 Å². The Hall–Kier alpha value is -2.36. The van der Waals surface area contributed by atoms with Crippen LogP contribution in [0, 0.1) is 0 Å². The van der Waals surface area contributed by atoms with Crippen molar-refractivity contribution in [3.63, 3.8) is 0 Å². The molecule has 0 unspecified atom stereocenters. The third-order valence-corrected chi connectivity index (χ3v) is 10.0. The molecule has 4 rings (SSSR count). The van der Waals surface area contributed by atoms with Crippen molar-refractivity contribution in [3.8, 4) is 0 Å². The van der Waals surface area contributed by atoms with Gasteiger partial charge in [0.2, 0.25) is 10.0 Å². The van der Waals surface area contributed by atoms with Gasteiger partial charge in [0.25, 0.3) is 0 Å². The van der Waals surface area contributed by atoms with E-state index in [4.69, 9.17) is 17.0 Å². The normalized spacial score (nSPS) is 25.0. The molecule has 1 aromatic carbocycles. The SMILES string of the molecule is C[C@](O)(c1ccc(N2CCN(S(=O)(=O)C3=CC=CCC3=S)C[C@@H]2CN2CCOC[C@@H]2CC(=O)O)cc1)C(F)(F)F. The number of piperazine rings is 1. The van der Waals surface area contributed by atoms with Gasteiger partial charge in [-0.15, -0.1) is 0 Å². The third-order valence-electron chi connectivity index (χ3n) is 7.54. The van der Waals surface area contributed by atoms with Gasteiger partial charge in [0.15, 0.2) is 5.60 Å². The summed E-state index contributed by atoms with van der Waals surface area (Å²) < 4.78 is 74.1. The molecule has 14 heteroatoms. The highest BCUT2D eigenvalue weighted by molar-refractivity contribution is 7.96. The molecule has 0 spiro atoms. The lowest BCUT2D eigenvalue weighted by Crippen LogP contribution is -2.61. The van der Waals surface area contributed by atoms with E-state index in [0.717, 1.165) is 0 Å². The van der Waals surface area contributed by atoms with E-state index in [1.54, 1.807) is 12.2 Å². The molecule has 9 nitrogen and oxygen atoms in total. The molecule has 220 valence electrons. The summed E-state index contributed by atoms with van der Waals surface area (Å²) in [5.41, 5.74) is -2.79. The molecule has 3 atom stereocenters. The van der Waals surface area contributed by atoms with Crippen LogP contribution in [0.5, 0.6) is 0 Å². The van der Waals surface area contributed by atoms with Gasteiger partial charge in [-0.25, -0.2) is 8.42 Å². The molecule has 0 aromatic heterocycles. The first-order valence-corrected chi connectivity index (χ1v) is 14.7. The number of allylic oxidation sites excluding steroid dienone is 4. The van der Waals surface area contributed by atoms with E-state index < -0.39 is 39.9 Å². The maximum atomic E-state index is 13.6. The monoisotopic (exact) mass is 603 g/mol. The van der Waals surface area contributed by atoms with E-state index >= 15 is 0 Å². The van der Waals surface area contributed by atoms with Gasteiger partial charge >= 0.3 is 12.1 Å². The number of aliphatic hydroxyl groups is 1. The zero-order valence-corrected chi connectivity index (χ0v) is 23.5. The molecule has 3 aliphatic rings. The summed E-state index contributed by atoms with van der Waals surface area (Å²) >= 11 is 5.31. The quantitative estimate of drug-likeness (QED) is 0.434. The largest absolute Gasteiger partial charge is 0.481 e. The van der Waals surface area contributed by atoms with Crippen molar-refractivity contribution in [2.75, 3.05) is 50.8 Å². The minimum Gasteiger partial charge on any atom is -0.481 e. The van der Waals surface area contributed by atoms with Crippen molar-refractivity contribution in [1.82, 2.24) is 9.21 Å². The van der Waals surface area contributed by atoms with Crippen molar-refractivity contribution < 1.29 is 41.3 Å². The predicted molar refractivity (Wildman–Crippen MR) is 147 cm³/mol. The van der Waals surface area contributed by atoms with Crippen molar-refractivity contribution in [1.29, 1.82) is 0 Å². The number of halogens is 3. The fraction of sp³-hybridized carbons (Fsp3) is 0.538. The van der Waals surface area contributed by atoms with E-state index in [2.05, 4.69) is 0 Å². The number of hydrogen-bond donors (Lipinski definition) is 2. The van der Waals surface area contributed by atoms with Gasteiger partial charge < -0.3 is 19.8 Å². The number of aliphatic carboxylic acids is 1. The van der Waals surface area contributed by atoms with Gasteiger partial charge in [0.05, 0.1) is 30.6 Å². The predicted octanol–water partition coefficient (Wildman–Crippen LogP) is 2.67. The summed E-state index contributed by atoms with van der Waals surface area (Å²) in [6.45, 7) is 2.46. The van der Waals surface area contributed by atoms with Crippen molar-refractivity contribution in [3.05, 3.63) is 53.0 Å². The second-order valence-electron chi connectivity index (χ2n) is 10.2. The number of thiocarbonyl (C=S) groups is 1. The van der Waals surface area contributed by atoms with E-state index in [9.17, 15) is 36.6 Å². The Labute approximate surface area is 236 Å². The van der Waals surface area contributed by atoms with Gasteiger partial charge in [-0.2, -0.15) is 17.5 Å². The molecule has 0 amide bonds. The lowest BCUT2D eigenvalue weighted by Gasteiger charge is -2.46. The number of morpholine rings is 1. The summed E-state index contributed by atoms with van der Waals surface area (Å²) in [6, 6.07) is 4.50. The molecule has 2 heterocycles. The van der Waals surface area contributed by atoms with E-state index in [1.807, 2.05) is 9.80 Å². The summed E-state index contributed by atoms with van der Waals surface area (Å²) in [5, 5.41) is 19.4. The Kier molecular flexibility index (Phi) is 9.07. The number of alkyl halides is 3. The smallest absolute Gasteiger partial charge is 0.421 e. The minimum absolute atomic E-state index is 0.0607. The fourth-order valence-electron chi connectivity index (χ4n) is 5.17. The molecule has 2 aliphatic heterocycles. The average molecular weight is 604 g/mol. The van der Waals surface area contributed by atoms with E-state index in [1.165, 1.54) is 34.6 Å². The zero-order chi connectivity index (χ0) is 29.3. The lowest BCUT2D eigenvalue weighted by molar-refractivity contribution is -0.258. The minimum atomic E-state index is -4.86. The summed E-state index contributed by atoms with van der Waals surface area (Å²) in [7, 11) is -3.91. The lowest BCUT2D eigenvalue weighted by atomic mass is 9.95. The topological polar surface area (TPSA) is 111 Å². The maximum absolute atomic E-state index is 13.6. The number of carboxylic acids is 1. The molecule has 1 aromatic rings. The zero-order valence-electron chi connectivity index (χ0n) is 21.9. The molecular formula is C26H32F3N3O6S2. The van der Waals surface area contributed by atoms with E-state index in [-0.39, 0.29) is 43.1 Å². The van der Waals surface area contributed by atoms with Crippen molar-refractivity contribution in [2.24, 2.45) is 0 Å². The number of sulfonamides is 1. The molecule has 0 bridgehead atoms. The van der Waals surface area contributed by atoms with E-state index in [0.29, 0.717) is 43.6 Å². The van der Waals surface area contributed by atoms with Crippen molar-refractivity contribution >= 4 is 38.8 Å². The van der Waals surface area contributed by atoms with Crippen LogP contribution < -0.4 is 4.90 Å². The number of rotatable bonds is 8. The van der Waals surface area contributed by atoms with Crippen LogP contribution in [0.3, 0.4) is 0 Å². The number of ether oxygens (including phenoxy) is 1. The number of nitrogens with zero attached hydrogens (tertiary/aromatic N) is 3. The molecule has 2 N–H and O–H groups in total. The van der Waals surface area contributed by atoms with Gasteiger partial charge in [-0.3, -0.25) is 9.69 Å². The Morgan fingerprint density at radius 1 is 1.15 bits per heavy atom. The number of anilines is 1. The van der Waals surface area contributed by atoms with Crippen LogP contribution in [-0.2, 0) is 25.2 Å². The van der Waals surface area contributed by atoms with Crippen LogP contribution in [0.25, 0.3) is 0 Å². The first-order valence-electron chi connectivity index (χ1n) is 12.8. The summed E-state index contributed by atoms with van der Waals surface area (Å²) in [6.07, 6.45) is 0.252. The molecular weight excluding hydrogens is 571 g/mol. The second-order valence-corrected chi connectivity index (χ2v) is 12.6. The molecule has 2 fully saturated rings. The fourth-order valence-corrected chi connectivity index (χ4v) is 7.24. The molecule has 0 saturated carbocycles. The van der Waals surface area contributed by atoms with Gasteiger partial charge in [-0.05, 0) is 30.7 Å².